The van der Waals surface area contributed by atoms with Crippen molar-refractivity contribution in [3.63, 3.8) is 0 Å². The predicted octanol–water partition coefficient (Wildman–Crippen LogP) is 4.15. The van der Waals surface area contributed by atoms with Crippen molar-refractivity contribution in [3.05, 3.63) is 54.4 Å². The van der Waals surface area contributed by atoms with Crippen molar-refractivity contribution in [1.82, 2.24) is 4.98 Å². The summed E-state index contributed by atoms with van der Waals surface area (Å²) in [6.07, 6.45) is -1.29. The van der Waals surface area contributed by atoms with Crippen LogP contribution in [0, 0.1) is 0 Å². The standard InChI is InChI=1S/C14H13F3N2O/c1-10(11-6-8-18-9-7-11)19-12-2-4-13(5-3-12)20-14(15,16)17/h2-10,19H,1H3. The smallest absolute Gasteiger partial charge is 0.406 e. The minimum absolute atomic E-state index is 0.0207. The molecule has 0 radical (unpaired) electrons. The lowest BCUT2D eigenvalue weighted by atomic mass is 10.1. The number of halogens is 3. The molecule has 1 heterocycles. The quantitative estimate of drug-likeness (QED) is 0.914. The predicted molar refractivity (Wildman–Crippen MR) is 69.4 cm³/mol. The van der Waals surface area contributed by atoms with Crippen LogP contribution in [-0.2, 0) is 0 Å². The Morgan fingerprint density at radius 2 is 1.65 bits per heavy atom. The van der Waals surface area contributed by atoms with Crippen molar-refractivity contribution in [2.24, 2.45) is 0 Å². The van der Waals surface area contributed by atoms with Crippen molar-refractivity contribution in [2.45, 2.75) is 19.3 Å². The minimum Gasteiger partial charge on any atom is -0.406 e. The topological polar surface area (TPSA) is 34.1 Å². The number of hydrogen-bond donors (Lipinski definition) is 1. The maximum absolute atomic E-state index is 12.0. The van der Waals surface area contributed by atoms with E-state index in [2.05, 4.69) is 15.0 Å². The molecule has 0 bridgehead atoms. The first-order valence-electron chi connectivity index (χ1n) is 5.96. The van der Waals surface area contributed by atoms with Gasteiger partial charge < -0.3 is 10.1 Å². The number of ether oxygens (including phenoxy) is 1. The van der Waals surface area contributed by atoms with E-state index in [1.807, 2.05) is 19.1 Å². The van der Waals surface area contributed by atoms with Gasteiger partial charge in [-0.15, -0.1) is 13.2 Å². The molecule has 0 aliphatic rings. The van der Waals surface area contributed by atoms with Gasteiger partial charge in [-0.1, -0.05) is 0 Å². The number of nitrogens with zero attached hydrogens (tertiary/aromatic N) is 1. The van der Waals surface area contributed by atoms with Gasteiger partial charge in [0, 0.05) is 24.1 Å². The van der Waals surface area contributed by atoms with E-state index in [1.165, 1.54) is 12.1 Å². The Labute approximate surface area is 114 Å². The van der Waals surface area contributed by atoms with Crippen molar-refractivity contribution in [1.29, 1.82) is 0 Å². The van der Waals surface area contributed by atoms with Gasteiger partial charge in [0.25, 0.3) is 0 Å². The van der Waals surface area contributed by atoms with Crippen LogP contribution < -0.4 is 10.1 Å². The van der Waals surface area contributed by atoms with Gasteiger partial charge in [-0.3, -0.25) is 4.98 Å². The maximum Gasteiger partial charge on any atom is 0.573 e. The first kappa shape index (κ1) is 14.2. The molecule has 0 saturated carbocycles. The van der Waals surface area contributed by atoms with E-state index < -0.39 is 6.36 Å². The normalized spacial score (nSPS) is 12.8. The molecule has 0 saturated heterocycles. The number of pyridine rings is 1. The molecule has 106 valence electrons. The van der Waals surface area contributed by atoms with Crippen LogP contribution >= 0.6 is 0 Å². The summed E-state index contributed by atoms with van der Waals surface area (Å²) >= 11 is 0. The van der Waals surface area contributed by atoms with Crippen molar-refractivity contribution in [2.75, 3.05) is 5.32 Å². The van der Waals surface area contributed by atoms with Crippen molar-refractivity contribution in [3.8, 4) is 5.75 Å². The summed E-state index contributed by atoms with van der Waals surface area (Å²) in [5.41, 5.74) is 1.75. The van der Waals surface area contributed by atoms with Crippen molar-refractivity contribution >= 4 is 5.69 Å². The monoisotopic (exact) mass is 282 g/mol. The largest absolute Gasteiger partial charge is 0.573 e. The fraction of sp³-hybridized carbons (Fsp3) is 0.214. The second-order valence-corrected chi connectivity index (χ2v) is 4.22. The Bertz CT molecular complexity index is 541. The highest BCUT2D eigenvalue weighted by Crippen LogP contribution is 2.25. The van der Waals surface area contributed by atoms with Gasteiger partial charge in [0.2, 0.25) is 0 Å². The lowest BCUT2D eigenvalue weighted by Gasteiger charge is -2.16. The summed E-state index contributed by atoms with van der Waals surface area (Å²) in [6.45, 7) is 1.95. The molecule has 1 aromatic heterocycles. The van der Waals surface area contributed by atoms with Crippen LogP contribution in [0.15, 0.2) is 48.8 Å². The van der Waals surface area contributed by atoms with E-state index >= 15 is 0 Å². The Balaban J connectivity index is 2.00. The maximum atomic E-state index is 12.0. The van der Waals surface area contributed by atoms with Crippen LogP contribution in [0.2, 0.25) is 0 Å². The van der Waals surface area contributed by atoms with E-state index in [0.717, 1.165) is 5.56 Å². The number of hydrogen-bond acceptors (Lipinski definition) is 3. The molecule has 1 aromatic carbocycles. The summed E-state index contributed by atoms with van der Waals surface area (Å²) in [6, 6.07) is 9.40. The zero-order valence-corrected chi connectivity index (χ0v) is 10.7. The van der Waals surface area contributed by atoms with Crippen LogP contribution in [0.1, 0.15) is 18.5 Å². The van der Waals surface area contributed by atoms with E-state index in [9.17, 15) is 13.2 Å². The fourth-order valence-electron chi connectivity index (χ4n) is 1.74. The van der Waals surface area contributed by atoms with E-state index in [1.54, 1.807) is 24.5 Å². The Morgan fingerprint density at radius 1 is 1.05 bits per heavy atom. The molecule has 1 unspecified atom stereocenters. The van der Waals surface area contributed by atoms with Gasteiger partial charge >= 0.3 is 6.36 Å². The molecule has 1 atom stereocenters. The van der Waals surface area contributed by atoms with Gasteiger partial charge in [-0.2, -0.15) is 0 Å². The number of nitrogens with one attached hydrogen (secondary N) is 1. The fourth-order valence-corrected chi connectivity index (χ4v) is 1.74. The van der Waals surface area contributed by atoms with Gasteiger partial charge in [-0.05, 0) is 48.9 Å². The third kappa shape index (κ3) is 4.15. The summed E-state index contributed by atoms with van der Waals surface area (Å²) in [5.74, 6) is -0.236. The number of anilines is 1. The van der Waals surface area contributed by atoms with Crippen molar-refractivity contribution < 1.29 is 17.9 Å². The first-order valence-corrected chi connectivity index (χ1v) is 5.96. The second-order valence-electron chi connectivity index (χ2n) is 4.22. The summed E-state index contributed by atoms with van der Waals surface area (Å²) in [7, 11) is 0. The number of benzene rings is 1. The van der Waals surface area contributed by atoms with Gasteiger partial charge in [0.1, 0.15) is 5.75 Å². The number of alkyl halides is 3. The molecule has 0 amide bonds. The summed E-state index contributed by atoms with van der Waals surface area (Å²) < 4.78 is 39.9. The zero-order valence-electron chi connectivity index (χ0n) is 10.7. The van der Waals surface area contributed by atoms with Crippen LogP contribution in [0.25, 0.3) is 0 Å². The molecular weight excluding hydrogens is 269 g/mol. The van der Waals surface area contributed by atoms with Crippen LogP contribution in [0.4, 0.5) is 18.9 Å². The molecule has 1 N–H and O–H groups in total. The Hall–Kier alpha value is -2.24. The average molecular weight is 282 g/mol. The lowest BCUT2D eigenvalue weighted by Crippen LogP contribution is -2.17. The van der Waals surface area contributed by atoms with Crippen LogP contribution in [-0.4, -0.2) is 11.3 Å². The Kier molecular flexibility index (Phi) is 4.12. The molecular formula is C14H13F3N2O. The van der Waals surface area contributed by atoms with E-state index in [0.29, 0.717) is 5.69 Å². The highest BCUT2D eigenvalue weighted by Gasteiger charge is 2.30. The third-order valence-corrected chi connectivity index (χ3v) is 2.68. The summed E-state index contributed by atoms with van der Waals surface area (Å²) in [5, 5.41) is 3.18. The highest BCUT2D eigenvalue weighted by molar-refractivity contribution is 5.48. The van der Waals surface area contributed by atoms with Gasteiger partial charge in [0.15, 0.2) is 0 Å². The average Bonchev–Trinajstić information content (AvgIpc) is 2.40. The zero-order chi connectivity index (χ0) is 14.6. The minimum atomic E-state index is -4.67. The molecule has 20 heavy (non-hydrogen) atoms. The lowest BCUT2D eigenvalue weighted by molar-refractivity contribution is -0.274. The van der Waals surface area contributed by atoms with E-state index in [4.69, 9.17) is 0 Å². The molecule has 0 aliphatic carbocycles. The Morgan fingerprint density at radius 3 is 2.20 bits per heavy atom. The number of aromatic nitrogens is 1. The molecule has 2 rings (SSSR count). The SMILES string of the molecule is CC(Nc1ccc(OC(F)(F)F)cc1)c1ccncc1. The first-order chi connectivity index (χ1) is 9.44. The second kappa shape index (κ2) is 5.81. The molecule has 0 spiro atoms. The third-order valence-electron chi connectivity index (χ3n) is 2.68. The highest BCUT2D eigenvalue weighted by atomic mass is 19.4. The van der Waals surface area contributed by atoms with Crippen LogP contribution in [0.5, 0.6) is 5.75 Å². The summed E-state index contributed by atoms with van der Waals surface area (Å²) in [4.78, 5) is 3.93. The molecule has 3 nitrogen and oxygen atoms in total. The van der Waals surface area contributed by atoms with Gasteiger partial charge in [0.05, 0.1) is 0 Å². The molecule has 0 fully saturated rings. The molecule has 6 heteroatoms. The van der Waals surface area contributed by atoms with Crippen LogP contribution in [0.3, 0.4) is 0 Å². The van der Waals surface area contributed by atoms with E-state index in [-0.39, 0.29) is 11.8 Å². The molecule has 2 aromatic rings. The van der Waals surface area contributed by atoms with Gasteiger partial charge in [-0.25, -0.2) is 0 Å². The number of rotatable bonds is 4. The molecule has 0 aliphatic heterocycles.